The lowest BCUT2D eigenvalue weighted by molar-refractivity contribution is 0.101. The van der Waals surface area contributed by atoms with Gasteiger partial charge in [-0.1, -0.05) is 24.4 Å². The summed E-state index contributed by atoms with van der Waals surface area (Å²) in [6.07, 6.45) is 4.19. The van der Waals surface area contributed by atoms with E-state index in [0.29, 0.717) is 10.7 Å². The molecule has 92 valence electrons. The van der Waals surface area contributed by atoms with E-state index in [9.17, 15) is 9.59 Å². The summed E-state index contributed by atoms with van der Waals surface area (Å²) in [5.74, 6) is -0.184. The van der Waals surface area contributed by atoms with Gasteiger partial charge in [-0.25, -0.2) is 0 Å². The zero-order valence-electron chi connectivity index (χ0n) is 10.1. The molecule has 17 heavy (non-hydrogen) atoms. The molecule has 4 heteroatoms. The minimum atomic E-state index is -0.227. The van der Waals surface area contributed by atoms with Gasteiger partial charge in [0.15, 0.2) is 5.78 Å². The first kappa shape index (κ1) is 12.4. The molecule has 0 aromatic carbocycles. The van der Waals surface area contributed by atoms with E-state index < -0.39 is 0 Å². The number of ketones is 1. The van der Waals surface area contributed by atoms with E-state index in [0.717, 1.165) is 25.7 Å². The zero-order chi connectivity index (χ0) is 12.6. The van der Waals surface area contributed by atoms with Crippen LogP contribution in [0.5, 0.6) is 0 Å². The monoisotopic (exact) mass is 253 g/mol. The average Bonchev–Trinajstić information content (AvgIpc) is 2.69. The third kappa shape index (κ3) is 2.16. The predicted molar refractivity (Wildman–Crippen MR) is 68.0 cm³/mol. The van der Waals surface area contributed by atoms with Crippen LogP contribution >= 0.6 is 11.6 Å². The first-order valence-corrected chi connectivity index (χ1v) is 6.32. The topological polar surface area (TPSA) is 39.1 Å². The molecule has 0 unspecified atom stereocenters. The summed E-state index contributed by atoms with van der Waals surface area (Å²) in [6.45, 7) is 3.18. The number of pyridine rings is 1. The third-order valence-corrected chi connectivity index (χ3v) is 3.73. The van der Waals surface area contributed by atoms with Gasteiger partial charge in [0.05, 0.1) is 5.56 Å². The number of nitrogens with zero attached hydrogens (tertiary/aromatic N) is 1. The second kappa shape index (κ2) is 4.65. The smallest absolute Gasteiger partial charge is 0.263 e. The van der Waals surface area contributed by atoms with Crippen molar-refractivity contribution in [2.24, 2.45) is 0 Å². The number of halogens is 1. The number of rotatable bonds is 2. The number of carbonyl (C=O) groups excluding carboxylic acids is 1. The Morgan fingerprint density at radius 2 is 2.00 bits per heavy atom. The average molecular weight is 254 g/mol. The second-order valence-corrected chi connectivity index (χ2v) is 5.08. The molecule has 1 heterocycles. The van der Waals surface area contributed by atoms with Crippen LogP contribution in [-0.2, 0) is 0 Å². The van der Waals surface area contributed by atoms with Crippen LogP contribution in [0.1, 0.15) is 54.6 Å². The number of aryl methyl sites for hydroxylation is 1. The van der Waals surface area contributed by atoms with Gasteiger partial charge in [0.1, 0.15) is 5.15 Å². The van der Waals surface area contributed by atoms with Gasteiger partial charge in [0, 0.05) is 6.04 Å². The second-order valence-electron chi connectivity index (χ2n) is 4.69. The lowest BCUT2D eigenvalue weighted by Gasteiger charge is -2.17. The Morgan fingerprint density at radius 3 is 2.53 bits per heavy atom. The number of hydrogen-bond acceptors (Lipinski definition) is 2. The number of aromatic nitrogens is 1. The van der Waals surface area contributed by atoms with Crippen LogP contribution in [0.4, 0.5) is 0 Å². The molecule has 0 radical (unpaired) electrons. The van der Waals surface area contributed by atoms with E-state index >= 15 is 0 Å². The highest BCUT2D eigenvalue weighted by Crippen LogP contribution is 2.31. The van der Waals surface area contributed by atoms with E-state index in [1.165, 1.54) is 6.92 Å². The van der Waals surface area contributed by atoms with Crippen molar-refractivity contribution >= 4 is 17.4 Å². The standard InChI is InChI=1S/C13H16ClNO2/c1-8-7-11(14)15(10-5-3-4-6-10)13(17)12(8)9(2)16/h7,10H,3-6H2,1-2H3. The van der Waals surface area contributed by atoms with Gasteiger partial charge < -0.3 is 0 Å². The molecule has 0 bridgehead atoms. The van der Waals surface area contributed by atoms with Gasteiger partial charge in [-0.3, -0.25) is 14.2 Å². The molecule has 1 saturated carbocycles. The highest BCUT2D eigenvalue weighted by molar-refractivity contribution is 6.29. The Balaban J connectivity index is 2.62. The van der Waals surface area contributed by atoms with Crippen LogP contribution in [0.15, 0.2) is 10.9 Å². The maximum atomic E-state index is 12.3. The summed E-state index contributed by atoms with van der Waals surface area (Å²) in [6, 6.07) is 1.88. The quantitative estimate of drug-likeness (QED) is 0.600. The Labute approximate surface area is 105 Å². The highest BCUT2D eigenvalue weighted by Gasteiger charge is 2.23. The molecule has 1 aromatic heterocycles. The molecule has 1 aromatic rings. The fourth-order valence-electron chi connectivity index (χ4n) is 2.64. The van der Waals surface area contributed by atoms with Crippen LogP contribution in [-0.4, -0.2) is 10.4 Å². The third-order valence-electron chi connectivity index (χ3n) is 3.43. The summed E-state index contributed by atoms with van der Waals surface area (Å²) in [7, 11) is 0. The van der Waals surface area contributed by atoms with E-state index in [4.69, 9.17) is 11.6 Å². The summed E-state index contributed by atoms with van der Waals surface area (Å²) >= 11 is 6.14. The molecule has 1 aliphatic carbocycles. The fraction of sp³-hybridized carbons (Fsp3) is 0.538. The van der Waals surface area contributed by atoms with Crippen molar-refractivity contribution in [2.75, 3.05) is 0 Å². The van der Waals surface area contributed by atoms with Gasteiger partial charge in [-0.2, -0.15) is 0 Å². The van der Waals surface area contributed by atoms with Crippen molar-refractivity contribution in [2.45, 2.75) is 45.6 Å². The Morgan fingerprint density at radius 1 is 1.41 bits per heavy atom. The summed E-state index contributed by atoms with van der Waals surface area (Å²) < 4.78 is 1.60. The van der Waals surface area contributed by atoms with Crippen molar-refractivity contribution in [1.29, 1.82) is 0 Å². The summed E-state index contributed by atoms with van der Waals surface area (Å²) in [5, 5.41) is 0.449. The first-order valence-electron chi connectivity index (χ1n) is 5.95. The molecule has 1 aliphatic rings. The maximum Gasteiger partial charge on any atom is 0.263 e. The lowest BCUT2D eigenvalue weighted by Crippen LogP contribution is -2.29. The van der Waals surface area contributed by atoms with Gasteiger partial charge in [-0.15, -0.1) is 0 Å². The normalized spacial score (nSPS) is 16.4. The maximum absolute atomic E-state index is 12.3. The molecule has 1 fully saturated rings. The van der Waals surface area contributed by atoms with E-state index in [1.807, 2.05) is 0 Å². The van der Waals surface area contributed by atoms with E-state index in [2.05, 4.69) is 0 Å². The van der Waals surface area contributed by atoms with Crippen molar-refractivity contribution in [3.63, 3.8) is 0 Å². The van der Waals surface area contributed by atoms with E-state index in [-0.39, 0.29) is 22.9 Å². The van der Waals surface area contributed by atoms with Crippen molar-refractivity contribution in [3.8, 4) is 0 Å². The number of hydrogen-bond donors (Lipinski definition) is 0. The fourth-order valence-corrected chi connectivity index (χ4v) is 3.02. The van der Waals surface area contributed by atoms with E-state index in [1.54, 1.807) is 17.6 Å². The minimum absolute atomic E-state index is 0.161. The molecule has 0 saturated heterocycles. The van der Waals surface area contributed by atoms with Crippen molar-refractivity contribution in [1.82, 2.24) is 4.57 Å². The highest BCUT2D eigenvalue weighted by atomic mass is 35.5. The van der Waals surface area contributed by atoms with Gasteiger partial charge >= 0.3 is 0 Å². The van der Waals surface area contributed by atoms with Gasteiger partial charge in [-0.05, 0) is 38.3 Å². The number of carbonyl (C=O) groups is 1. The van der Waals surface area contributed by atoms with Crippen LogP contribution in [0.25, 0.3) is 0 Å². The van der Waals surface area contributed by atoms with Crippen LogP contribution < -0.4 is 5.56 Å². The SMILES string of the molecule is CC(=O)c1c(C)cc(Cl)n(C2CCCC2)c1=O. The molecule has 0 N–H and O–H groups in total. The Hall–Kier alpha value is -1.09. The molecule has 0 spiro atoms. The Kier molecular flexibility index (Phi) is 3.38. The molecule has 2 rings (SSSR count). The molecule has 0 atom stereocenters. The van der Waals surface area contributed by atoms with Crippen LogP contribution in [0.3, 0.4) is 0 Å². The summed E-state index contributed by atoms with van der Waals surface area (Å²) in [5.41, 5.74) is 0.720. The molecular formula is C13H16ClNO2. The lowest BCUT2D eigenvalue weighted by atomic mass is 10.1. The molecule has 3 nitrogen and oxygen atoms in total. The molecule has 0 amide bonds. The minimum Gasteiger partial charge on any atom is -0.295 e. The Bertz CT molecular complexity index is 513. The predicted octanol–water partition coefficient (Wildman–Crippen LogP) is 3.13. The number of Topliss-reactive ketones (excluding diaryl/α,β-unsaturated/α-hetero) is 1. The first-order chi connectivity index (χ1) is 8.02. The van der Waals surface area contributed by atoms with Gasteiger partial charge in [0.2, 0.25) is 0 Å². The van der Waals surface area contributed by atoms with Crippen molar-refractivity contribution in [3.05, 3.63) is 32.7 Å². The summed E-state index contributed by atoms with van der Waals surface area (Å²) in [4.78, 5) is 23.8. The molecular weight excluding hydrogens is 238 g/mol. The molecule has 0 aliphatic heterocycles. The van der Waals surface area contributed by atoms with Gasteiger partial charge in [0.25, 0.3) is 5.56 Å². The van der Waals surface area contributed by atoms with Crippen LogP contribution in [0.2, 0.25) is 5.15 Å². The van der Waals surface area contributed by atoms with Crippen LogP contribution in [0, 0.1) is 6.92 Å². The zero-order valence-corrected chi connectivity index (χ0v) is 10.9. The van der Waals surface area contributed by atoms with Crippen molar-refractivity contribution < 1.29 is 4.79 Å². The largest absolute Gasteiger partial charge is 0.295 e.